The first-order valence-corrected chi connectivity index (χ1v) is 8.85. The van der Waals surface area contributed by atoms with E-state index >= 15 is 0 Å². The Kier molecular flexibility index (Phi) is 4.26. The van der Waals surface area contributed by atoms with Crippen molar-refractivity contribution >= 4 is 33.4 Å². The first kappa shape index (κ1) is 16.1. The van der Waals surface area contributed by atoms with Crippen LogP contribution in [0.3, 0.4) is 0 Å². The maximum absolute atomic E-state index is 12.1. The summed E-state index contributed by atoms with van der Waals surface area (Å²) in [6.45, 7) is 1.64. The summed E-state index contributed by atoms with van der Waals surface area (Å²) < 4.78 is 32.2. The molecule has 2 N–H and O–H groups in total. The molecule has 0 unspecified atom stereocenters. The van der Waals surface area contributed by atoms with Crippen LogP contribution in [0, 0.1) is 0 Å². The normalized spacial score (nSPS) is 17.0. The zero-order valence-corrected chi connectivity index (χ0v) is 13.7. The van der Waals surface area contributed by atoms with Gasteiger partial charge in [0.1, 0.15) is 5.75 Å². The van der Waals surface area contributed by atoms with Gasteiger partial charge in [-0.15, -0.1) is 0 Å². The van der Waals surface area contributed by atoms with Crippen LogP contribution in [0.4, 0.5) is 11.4 Å². The molecule has 0 aromatic heterocycles. The van der Waals surface area contributed by atoms with E-state index in [1.807, 2.05) is 18.2 Å². The van der Waals surface area contributed by atoms with E-state index in [9.17, 15) is 13.2 Å². The van der Waals surface area contributed by atoms with Crippen molar-refractivity contribution < 1.29 is 17.9 Å². The van der Waals surface area contributed by atoms with E-state index in [0.717, 1.165) is 11.0 Å². The van der Waals surface area contributed by atoms with E-state index in [1.165, 1.54) is 12.1 Å². The van der Waals surface area contributed by atoms with Gasteiger partial charge in [0.05, 0.1) is 16.8 Å². The molecule has 1 atom stereocenters. The fraction of sp³-hybridized carbons (Fsp3) is 0.118. The average molecular weight is 344 g/mol. The summed E-state index contributed by atoms with van der Waals surface area (Å²) in [5, 5.41) is 3.77. The highest BCUT2D eigenvalue weighted by Gasteiger charge is 2.23. The molecule has 0 fully saturated rings. The van der Waals surface area contributed by atoms with E-state index in [1.54, 1.807) is 31.2 Å². The van der Waals surface area contributed by atoms with Crippen LogP contribution in [0.2, 0.25) is 0 Å². The Morgan fingerprint density at radius 2 is 1.92 bits per heavy atom. The third-order valence-electron chi connectivity index (χ3n) is 3.41. The molecule has 6 nitrogen and oxygen atoms in total. The van der Waals surface area contributed by atoms with Crippen molar-refractivity contribution in [1.82, 2.24) is 0 Å². The van der Waals surface area contributed by atoms with Crippen molar-refractivity contribution in [1.29, 1.82) is 0 Å². The summed E-state index contributed by atoms with van der Waals surface area (Å²) >= 11 is 0. The molecular weight excluding hydrogens is 328 g/mol. The minimum atomic E-state index is -3.67. The second-order valence-corrected chi connectivity index (χ2v) is 6.89. The van der Waals surface area contributed by atoms with Gasteiger partial charge in [0.15, 0.2) is 6.10 Å². The van der Waals surface area contributed by atoms with Crippen LogP contribution >= 0.6 is 0 Å². The van der Waals surface area contributed by atoms with Crippen molar-refractivity contribution in [3.63, 3.8) is 0 Å². The van der Waals surface area contributed by atoms with Gasteiger partial charge in [-0.3, -0.25) is 9.52 Å². The lowest BCUT2D eigenvalue weighted by Gasteiger charge is -2.23. The van der Waals surface area contributed by atoms with E-state index in [2.05, 4.69) is 10.0 Å². The van der Waals surface area contributed by atoms with Gasteiger partial charge in [0.2, 0.25) is 0 Å². The second-order valence-electron chi connectivity index (χ2n) is 5.32. The van der Waals surface area contributed by atoms with Gasteiger partial charge in [0.25, 0.3) is 15.9 Å². The zero-order chi connectivity index (χ0) is 17.2. The summed E-state index contributed by atoms with van der Waals surface area (Å²) in [7, 11) is -3.67. The number of sulfonamides is 1. The fourth-order valence-electron chi connectivity index (χ4n) is 2.20. The lowest BCUT2D eigenvalue weighted by molar-refractivity contribution is -0.122. The van der Waals surface area contributed by atoms with Gasteiger partial charge < -0.3 is 10.1 Å². The topological polar surface area (TPSA) is 84.5 Å². The predicted octanol–water partition coefficient (Wildman–Crippen LogP) is 2.82. The van der Waals surface area contributed by atoms with Crippen LogP contribution in [0.25, 0.3) is 6.08 Å². The molecule has 0 radical (unpaired) electrons. The summed E-state index contributed by atoms with van der Waals surface area (Å²) in [5.41, 5.74) is 1.55. The quantitative estimate of drug-likeness (QED) is 0.893. The van der Waals surface area contributed by atoms with Crippen molar-refractivity contribution in [3.8, 4) is 5.75 Å². The number of benzene rings is 2. The van der Waals surface area contributed by atoms with Crippen molar-refractivity contribution in [2.75, 3.05) is 10.0 Å². The Balaban J connectivity index is 1.77. The smallest absolute Gasteiger partial charge is 0.265 e. The minimum Gasteiger partial charge on any atom is -0.479 e. The monoisotopic (exact) mass is 344 g/mol. The van der Waals surface area contributed by atoms with E-state index in [-0.39, 0.29) is 5.91 Å². The lowest BCUT2D eigenvalue weighted by atomic mass is 10.2. The van der Waals surface area contributed by atoms with Gasteiger partial charge in [-0.25, -0.2) is 8.42 Å². The number of carbonyl (C=O) groups excluding carboxylic acids is 1. The molecular formula is C17H16N2O4S. The second kappa shape index (κ2) is 6.37. The van der Waals surface area contributed by atoms with E-state index in [4.69, 9.17) is 4.74 Å². The molecule has 0 saturated heterocycles. The number of ether oxygens (including phenoxy) is 1. The molecule has 1 aliphatic heterocycles. The van der Waals surface area contributed by atoms with Crippen LogP contribution in [-0.4, -0.2) is 20.4 Å². The Bertz CT molecular complexity index is 892. The number of carbonyl (C=O) groups is 1. The number of hydrogen-bond donors (Lipinski definition) is 2. The van der Waals surface area contributed by atoms with Gasteiger partial charge in [0, 0.05) is 0 Å². The molecule has 0 aliphatic carbocycles. The van der Waals surface area contributed by atoms with Gasteiger partial charge in [-0.05, 0) is 36.8 Å². The molecule has 0 saturated carbocycles. The molecule has 2 aromatic carbocycles. The molecule has 1 heterocycles. The predicted molar refractivity (Wildman–Crippen MR) is 93.2 cm³/mol. The Morgan fingerprint density at radius 3 is 2.67 bits per heavy atom. The Labute approximate surface area is 140 Å². The molecule has 2 aromatic rings. The summed E-state index contributed by atoms with van der Waals surface area (Å²) in [6.07, 6.45) is 0.932. The minimum absolute atomic E-state index is 0.272. The van der Waals surface area contributed by atoms with Crippen molar-refractivity contribution in [2.24, 2.45) is 0 Å². The maximum atomic E-state index is 12.1. The van der Waals surface area contributed by atoms with Crippen LogP contribution in [0.5, 0.6) is 5.75 Å². The van der Waals surface area contributed by atoms with Crippen LogP contribution in [0.1, 0.15) is 12.5 Å². The third-order valence-corrected chi connectivity index (χ3v) is 4.42. The molecule has 0 spiro atoms. The standard InChI is InChI=1S/C17H16N2O4S/c1-12-17(20)18-15-11-14(7-8-16(15)23-12)19-24(21,22)10-9-13-5-3-2-4-6-13/h2-12,19H,1H3,(H,18,20)/b10-9+/t12-/m1/s1. The van der Waals surface area contributed by atoms with E-state index in [0.29, 0.717) is 17.1 Å². The van der Waals surface area contributed by atoms with Gasteiger partial charge in [-0.2, -0.15) is 0 Å². The first-order valence-electron chi connectivity index (χ1n) is 7.30. The Hall–Kier alpha value is -2.80. The maximum Gasteiger partial charge on any atom is 0.265 e. The number of fused-ring (bicyclic) bond motifs is 1. The molecule has 7 heteroatoms. The summed E-state index contributed by atoms with van der Waals surface area (Å²) in [5.74, 6) is 0.233. The molecule has 1 aliphatic rings. The van der Waals surface area contributed by atoms with Crippen LogP contribution in [0.15, 0.2) is 53.9 Å². The highest BCUT2D eigenvalue weighted by Crippen LogP contribution is 2.32. The molecule has 24 heavy (non-hydrogen) atoms. The lowest BCUT2D eigenvalue weighted by Crippen LogP contribution is -2.34. The van der Waals surface area contributed by atoms with Gasteiger partial charge in [-0.1, -0.05) is 30.3 Å². The number of anilines is 2. The largest absolute Gasteiger partial charge is 0.479 e. The number of amides is 1. The summed E-state index contributed by atoms with van der Waals surface area (Å²) in [4.78, 5) is 11.6. The zero-order valence-electron chi connectivity index (χ0n) is 12.9. The van der Waals surface area contributed by atoms with Crippen molar-refractivity contribution in [2.45, 2.75) is 13.0 Å². The highest BCUT2D eigenvalue weighted by molar-refractivity contribution is 7.95. The van der Waals surface area contributed by atoms with Crippen LogP contribution in [-0.2, 0) is 14.8 Å². The molecule has 0 bridgehead atoms. The fourth-order valence-corrected chi connectivity index (χ4v) is 3.06. The molecule has 3 rings (SSSR count). The molecule has 1 amide bonds. The average Bonchev–Trinajstić information content (AvgIpc) is 2.55. The van der Waals surface area contributed by atoms with Crippen LogP contribution < -0.4 is 14.8 Å². The molecule has 124 valence electrons. The number of rotatable bonds is 4. The Morgan fingerprint density at radius 1 is 1.17 bits per heavy atom. The third kappa shape index (κ3) is 3.75. The first-order chi connectivity index (χ1) is 11.4. The van der Waals surface area contributed by atoms with Gasteiger partial charge >= 0.3 is 0 Å². The highest BCUT2D eigenvalue weighted by atomic mass is 32.2. The number of nitrogens with one attached hydrogen (secondary N) is 2. The van der Waals surface area contributed by atoms with E-state index < -0.39 is 16.1 Å². The summed E-state index contributed by atoms with van der Waals surface area (Å²) in [6, 6.07) is 13.8. The van der Waals surface area contributed by atoms with Crippen molar-refractivity contribution in [3.05, 3.63) is 59.5 Å². The SMILES string of the molecule is C[C@H]1Oc2ccc(NS(=O)(=O)/C=C/c3ccccc3)cc2NC1=O. The number of hydrogen-bond acceptors (Lipinski definition) is 4.